The van der Waals surface area contributed by atoms with E-state index in [0.717, 1.165) is 4.80 Å². The van der Waals surface area contributed by atoms with Gasteiger partial charge in [0.25, 0.3) is 5.91 Å². The summed E-state index contributed by atoms with van der Waals surface area (Å²) in [6.07, 6.45) is 0.0636. The van der Waals surface area contributed by atoms with Gasteiger partial charge in [-0.05, 0) is 31.9 Å². The Morgan fingerprint density at radius 2 is 1.84 bits per heavy atom. The maximum atomic E-state index is 14.5. The number of rotatable bonds is 4. The first-order valence-corrected chi connectivity index (χ1v) is 9.78. The van der Waals surface area contributed by atoms with Gasteiger partial charge >= 0.3 is 12.2 Å². The van der Waals surface area contributed by atoms with Crippen molar-refractivity contribution in [2.45, 2.75) is 38.1 Å². The first-order valence-electron chi connectivity index (χ1n) is 9.78. The van der Waals surface area contributed by atoms with E-state index in [-0.39, 0.29) is 17.3 Å². The van der Waals surface area contributed by atoms with E-state index in [4.69, 9.17) is 4.74 Å². The molecule has 2 aromatic heterocycles. The van der Waals surface area contributed by atoms with Crippen molar-refractivity contribution in [2.24, 2.45) is 0 Å². The summed E-state index contributed by atoms with van der Waals surface area (Å²) in [5.41, 5.74) is -0.965. The van der Waals surface area contributed by atoms with Crippen molar-refractivity contribution in [3.8, 4) is 11.7 Å². The van der Waals surface area contributed by atoms with Crippen LogP contribution in [0, 0.1) is 5.82 Å². The van der Waals surface area contributed by atoms with Gasteiger partial charge in [0, 0.05) is 18.9 Å². The normalized spacial score (nSPS) is 19.1. The van der Waals surface area contributed by atoms with Crippen molar-refractivity contribution in [3.63, 3.8) is 0 Å². The van der Waals surface area contributed by atoms with Crippen LogP contribution in [0.4, 0.5) is 17.6 Å². The molecule has 1 saturated heterocycles. The van der Waals surface area contributed by atoms with Crippen molar-refractivity contribution >= 4 is 5.91 Å². The highest BCUT2D eigenvalue weighted by Crippen LogP contribution is 2.29. The minimum absolute atomic E-state index is 0.0659. The summed E-state index contributed by atoms with van der Waals surface area (Å²) in [6.45, 7) is 2.15. The molecule has 0 spiro atoms. The molecular formula is C20H18F4N6O2. The smallest absolute Gasteiger partial charge is 0.419 e. The van der Waals surface area contributed by atoms with Crippen LogP contribution in [-0.4, -0.2) is 54.5 Å². The van der Waals surface area contributed by atoms with Gasteiger partial charge < -0.3 is 9.64 Å². The Labute approximate surface area is 179 Å². The topological polar surface area (TPSA) is 86.0 Å². The number of carbonyl (C=O) groups is 1. The number of aromatic nitrogens is 5. The zero-order valence-electron chi connectivity index (χ0n) is 16.8. The second-order valence-corrected chi connectivity index (χ2v) is 7.24. The van der Waals surface area contributed by atoms with E-state index in [2.05, 4.69) is 20.2 Å². The van der Waals surface area contributed by atoms with Crippen LogP contribution in [0.3, 0.4) is 0 Å². The Morgan fingerprint density at radius 3 is 2.50 bits per heavy atom. The van der Waals surface area contributed by atoms with Gasteiger partial charge in [-0.2, -0.15) is 23.4 Å². The highest BCUT2D eigenvalue weighted by Gasteiger charge is 2.36. The number of benzene rings is 1. The second-order valence-electron chi connectivity index (χ2n) is 7.24. The lowest BCUT2D eigenvalue weighted by Crippen LogP contribution is -2.51. The third-order valence-corrected chi connectivity index (χ3v) is 5.23. The SMILES string of the molecule is C[C@H]1[C@H](Oc2ncc(C(F)(F)F)cn2)CCCN1C(=O)c1cccc(F)c1-n1nccn1. The molecule has 8 nitrogen and oxygen atoms in total. The lowest BCUT2D eigenvalue weighted by atomic mass is 9.98. The van der Waals surface area contributed by atoms with Gasteiger partial charge in [-0.1, -0.05) is 6.07 Å². The van der Waals surface area contributed by atoms with Crippen molar-refractivity contribution in [3.05, 3.63) is 59.9 Å². The molecule has 3 aromatic rings. The fraction of sp³-hybridized carbons (Fsp3) is 0.350. The Hall–Kier alpha value is -3.57. The summed E-state index contributed by atoms with van der Waals surface area (Å²) in [4.78, 5) is 23.2. The summed E-state index contributed by atoms with van der Waals surface area (Å²) in [5, 5.41) is 7.85. The monoisotopic (exact) mass is 450 g/mol. The molecule has 0 unspecified atom stereocenters. The number of alkyl halides is 3. The first kappa shape index (κ1) is 21.7. The Kier molecular flexibility index (Phi) is 5.76. The third-order valence-electron chi connectivity index (χ3n) is 5.23. The molecule has 168 valence electrons. The molecule has 1 aliphatic rings. The minimum atomic E-state index is -4.55. The number of nitrogens with zero attached hydrogens (tertiary/aromatic N) is 6. The molecule has 3 heterocycles. The lowest BCUT2D eigenvalue weighted by Gasteiger charge is -2.39. The van der Waals surface area contributed by atoms with E-state index in [1.807, 2.05) is 0 Å². The molecular weight excluding hydrogens is 432 g/mol. The van der Waals surface area contributed by atoms with E-state index in [0.29, 0.717) is 31.8 Å². The summed E-state index contributed by atoms with van der Waals surface area (Å²) >= 11 is 0. The molecule has 0 N–H and O–H groups in total. The fourth-order valence-corrected chi connectivity index (χ4v) is 3.59. The first-order chi connectivity index (χ1) is 15.3. The number of ether oxygens (including phenoxy) is 1. The van der Waals surface area contributed by atoms with Crippen molar-refractivity contribution < 1.29 is 27.1 Å². The predicted octanol–water partition coefficient (Wildman–Crippen LogP) is 3.29. The Bertz CT molecular complexity index is 1090. The molecule has 1 fully saturated rings. The molecule has 12 heteroatoms. The van der Waals surface area contributed by atoms with Crippen molar-refractivity contribution in [2.75, 3.05) is 6.54 Å². The molecule has 4 rings (SSSR count). The average molecular weight is 450 g/mol. The molecule has 1 aliphatic heterocycles. The summed E-state index contributed by atoms with van der Waals surface area (Å²) in [7, 11) is 0. The Balaban J connectivity index is 1.55. The predicted molar refractivity (Wildman–Crippen MR) is 102 cm³/mol. The maximum Gasteiger partial charge on any atom is 0.419 e. The highest BCUT2D eigenvalue weighted by molar-refractivity contribution is 5.98. The van der Waals surface area contributed by atoms with Crippen LogP contribution in [-0.2, 0) is 6.18 Å². The fourth-order valence-electron chi connectivity index (χ4n) is 3.59. The van der Waals surface area contributed by atoms with Gasteiger partial charge in [0.1, 0.15) is 11.8 Å². The molecule has 2 atom stereocenters. The molecule has 0 radical (unpaired) electrons. The van der Waals surface area contributed by atoms with Gasteiger partial charge in [-0.15, -0.1) is 4.80 Å². The number of hydrogen-bond acceptors (Lipinski definition) is 6. The van der Waals surface area contributed by atoms with Crippen LogP contribution < -0.4 is 4.74 Å². The summed E-state index contributed by atoms with van der Waals surface area (Å²) in [6, 6.07) is 3.44. The number of para-hydroxylation sites is 1. The third kappa shape index (κ3) is 4.25. The summed E-state index contributed by atoms with van der Waals surface area (Å²) < 4.78 is 58.3. The number of amides is 1. The average Bonchev–Trinajstić information content (AvgIpc) is 3.29. The number of halogens is 4. The maximum absolute atomic E-state index is 14.5. The molecule has 1 aromatic carbocycles. The van der Waals surface area contributed by atoms with Crippen LogP contribution in [0.15, 0.2) is 43.0 Å². The second kappa shape index (κ2) is 8.52. The lowest BCUT2D eigenvalue weighted by molar-refractivity contribution is -0.138. The van der Waals surface area contributed by atoms with E-state index < -0.39 is 35.6 Å². The number of hydrogen-bond donors (Lipinski definition) is 0. The van der Waals surface area contributed by atoms with Crippen LogP contribution in [0.25, 0.3) is 5.69 Å². The van der Waals surface area contributed by atoms with Gasteiger partial charge in [-0.3, -0.25) is 4.79 Å². The van der Waals surface area contributed by atoms with Crippen LogP contribution in [0.2, 0.25) is 0 Å². The van der Waals surface area contributed by atoms with Gasteiger partial charge in [0.05, 0.1) is 29.6 Å². The van der Waals surface area contributed by atoms with Crippen LogP contribution in [0.5, 0.6) is 6.01 Å². The van der Waals surface area contributed by atoms with E-state index in [1.165, 1.54) is 35.5 Å². The largest absolute Gasteiger partial charge is 0.458 e. The van der Waals surface area contributed by atoms with Gasteiger partial charge in [-0.25, -0.2) is 14.4 Å². The van der Waals surface area contributed by atoms with E-state index in [9.17, 15) is 22.4 Å². The molecule has 32 heavy (non-hydrogen) atoms. The van der Waals surface area contributed by atoms with E-state index >= 15 is 0 Å². The number of carbonyl (C=O) groups excluding carboxylic acids is 1. The summed E-state index contributed by atoms with van der Waals surface area (Å²) in [5.74, 6) is -1.09. The van der Waals surface area contributed by atoms with Crippen LogP contribution in [0.1, 0.15) is 35.7 Å². The molecule has 0 saturated carbocycles. The molecule has 0 aliphatic carbocycles. The number of likely N-dealkylation sites (tertiary alicyclic amines) is 1. The molecule has 0 bridgehead atoms. The van der Waals surface area contributed by atoms with Crippen molar-refractivity contribution in [1.82, 2.24) is 29.9 Å². The number of piperidine rings is 1. The zero-order valence-corrected chi connectivity index (χ0v) is 16.8. The quantitative estimate of drug-likeness (QED) is 0.567. The van der Waals surface area contributed by atoms with Crippen LogP contribution >= 0.6 is 0 Å². The van der Waals surface area contributed by atoms with Gasteiger partial charge in [0.2, 0.25) is 0 Å². The Morgan fingerprint density at radius 1 is 1.16 bits per heavy atom. The minimum Gasteiger partial charge on any atom is -0.458 e. The van der Waals surface area contributed by atoms with Crippen molar-refractivity contribution in [1.29, 1.82) is 0 Å². The van der Waals surface area contributed by atoms with E-state index in [1.54, 1.807) is 6.92 Å². The zero-order chi connectivity index (χ0) is 22.9. The molecule has 1 amide bonds. The van der Waals surface area contributed by atoms with Gasteiger partial charge in [0.15, 0.2) is 5.82 Å². The standard InChI is InChI=1S/C20H18F4N6O2/c1-12-16(32-19-25-10-13(11-26-19)20(22,23)24)6-3-9-29(12)18(31)14-4-2-5-15(21)17(14)30-27-7-8-28-30/h2,4-5,7-8,10-12,16H,3,6,9H2,1H3/t12-,16+/m0/s1. The highest BCUT2D eigenvalue weighted by atomic mass is 19.4.